The molecule has 1 aromatic carbocycles. The summed E-state index contributed by atoms with van der Waals surface area (Å²) in [7, 11) is 0. The highest BCUT2D eigenvalue weighted by Gasteiger charge is 2.39. The van der Waals surface area contributed by atoms with E-state index in [0.29, 0.717) is 29.4 Å². The number of hydrogen-bond donors (Lipinski definition) is 2. The fourth-order valence-electron chi connectivity index (χ4n) is 4.27. The summed E-state index contributed by atoms with van der Waals surface area (Å²) in [6.07, 6.45) is 6.11. The molecule has 2 bridgehead atoms. The van der Waals surface area contributed by atoms with Gasteiger partial charge in [-0.3, -0.25) is 9.59 Å². The van der Waals surface area contributed by atoms with Crippen LogP contribution in [-0.4, -0.2) is 23.8 Å². The van der Waals surface area contributed by atoms with Crippen LogP contribution in [0.15, 0.2) is 24.3 Å². The van der Waals surface area contributed by atoms with Crippen molar-refractivity contribution < 1.29 is 9.59 Å². The summed E-state index contributed by atoms with van der Waals surface area (Å²) < 4.78 is 0. The second-order valence-electron chi connectivity index (χ2n) is 7.04. The third-order valence-electron chi connectivity index (χ3n) is 5.46. The number of rotatable bonds is 4. The molecule has 0 spiro atoms. The van der Waals surface area contributed by atoms with Gasteiger partial charge in [-0.2, -0.15) is 0 Å². The topological polar surface area (TPSA) is 72.2 Å². The summed E-state index contributed by atoms with van der Waals surface area (Å²) in [4.78, 5) is 24.2. The van der Waals surface area contributed by atoms with E-state index >= 15 is 0 Å². The van der Waals surface area contributed by atoms with Crippen molar-refractivity contribution in [1.82, 2.24) is 5.32 Å². The van der Waals surface area contributed by atoms with Gasteiger partial charge in [-0.05, 0) is 49.7 Å². The van der Waals surface area contributed by atoms with Gasteiger partial charge in [0.25, 0.3) is 5.91 Å². The number of carbonyl (C=O) groups excluding carboxylic acids is 2. The lowest BCUT2D eigenvalue weighted by molar-refractivity contribution is 0.0755. The predicted molar refractivity (Wildman–Crippen MR) is 97.6 cm³/mol. The van der Waals surface area contributed by atoms with E-state index in [-0.39, 0.29) is 36.2 Å². The summed E-state index contributed by atoms with van der Waals surface area (Å²) in [5.41, 5.74) is 7.44. The maximum Gasteiger partial charge on any atom is 0.251 e. The number of halogens is 1. The Balaban J connectivity index is 0.00000208. The van der Waals surface area contributed by atoms with Gasteiger partial charge in [0.15, 0.2) is 5.78 Å². The molecule has 1 aromatic rings. The smallest absolute Gasteiger partial charge is 0.251 e. The van der Waals surface area contributed by atoms with Gasteiger partial charge in [-0.1, -0.05) is 25.5 Å². The van der Waals surface area contributed by atoms with Gasteiger partial charge in [0.2, 0.25) is 0 Å². The zero-order valence-electron chi connectivity index (χ0n) is 14.2. The largest absolute Gasteiger partial charge is 0.349 e. The average molecular weight is 351 g/mol. The van der Waals surface area contributed by atoms with Gasteiger partial charge in [0.1, 0.15) is 0 Å². The van der Waals surface area contributed by atoms with Gasteiger partial charge in [-0.25, -0.2) is 0 Å². The Morgan fingerprint density at radius 3 is 2.17 bits per heavy atom. The molecule has 3 rings (SSSR count). The SMILES string of the molecule is CCC(=O)c1ccc(C(=O)NC2C3CCCC2CC(N)C3)cc1.Cl. The molecular weight excluding hydrogens is 324 g/mol. The Labute approximate surface area is 150 Å². The summed E-state index contributed by atoms with van der Waals surface area (Å²) >= 11 is 0. The molecule has 3 N–H and O–H groups in total. The minimum atomic E-state index is -0.0298. The first-order chi connectivity index (χ1) is 11.1. The van der Waals surface area contributed by atoms with Crippen LogP contribution in [0.25, 0.3) is 0 Å². The number of amides is 1. The quantitative estimate of drug-likeness (QED) is 0.818. The van der Waals surface area contributed by atoms with Crippen molar-refractivity contribution in [2.24, 2.45) is 17.6 Å². The van der Waals surface area contributed by atoms with Gasteiger partial charge in [-0.15, -0.1) is 12.4 Å². The second kappa shape index (κ2) is 8.13. The number of fused-ring (bicyclic) bond motifs is 2. The molecular formula is C19H27ClN2O2. The monoisotopic (exact) mass is 350 g/mol. The molecule has 2 atom stereocenters. The number of Topliss-reactive ketones (excluding diaryl/α,β-unsaturated/α-hetero) is 1. The highest BCUT2D eigenvalue weighted by Crippen LogP contribution is 2.39. The maximum absolute atomic E-state index is 12.5. The van der Waals surface area contributed by atoms with Gasteiger partial charge < -0.3 is 11.1 Å². The van der Waals surface area contributed by atoms with Crippen molar-refractivity contribution in [2.45, 2.75) is 57.5 Å². The highest BCUT2D eigenvalue weighted by molar-refractivity contribution is 5.98. The van der Waals surface area contributed by atoms with Crippen LogP contribution in [0.5, 0.6) is 0 Å². The summed E-state index contributed by atoms with van der Waals surface area (Å²) in [6, 6.07) is 7.55. The zero-order chi connectivity index (χ0) is 16.4. The number of nitrogens with two attached hydrogens (primary N) is 1. The van der Waals surface area contributed by atoms with E-state index in [9.17, 15) is 9.59 Å². The first-order valence-electron chi connectivity index (χ1n) is 8.78. The minimum absolute atomic E-state index is 0. The molecule has 4 nitrogen and oxygen atoms in total. The van der Waals surface area contributed by atoms with Crippen molar-refractivity contribution in [2.75, 3.05) is 0 Å². The van der Waals surface area contributed by atoms with Gasteiger partial charge in [0.05, 0.1) is 0 Å². The standard InChI is InChI=1S/C19H26N2O2.ClH/c1-2-17(22)12-6-8-13(9-7-12)19(23)21-18-14-4-3-5-15(18)11-16(20)10-14;/h6-9,14-16,18H,2-5,10-11,20H2,1H3,(H,21,23);1H. The van der Waals surface area contributed by atoms with E-state index in [1.54, 1.807) is 24.3 Å². The Hall–Kier alpha value is -1.39. The van der Waals surface area contributed by atoms with E-state index in [1.807, 2.05) is 6.92 Å². The fourth-order valence-corrected chi connectivity index (χ4v) is 4.27. The maximum atomic E-state index is 12.5. The molecule has 2 saturated carbocycles. The van der Waals surface area contributed by atoms with Crippen LogP contribution >= 0.6 is 12.4 Å². The Morgan fingerprint density at radius 2 is 1.62 bits per heavy atom. The first kappa shape index (κ1) is 18.9. The minimum Gasteiger partial charge on any atom is -0.349 e. The van der Waals surface area contributed by atoms with E-state index < -0.39 is 0 Å². The third-order valence-corrected chi connectivity index (χ3v) is 5.46. The van der Waals surface area contributed by atoms with E-state index in [1.165, 1.54) is 19.3 Å². The molecule has 0 radical (unpaired) electrons. The van der Waals surface area contributed by atoms with Gasteiger partial charge >= 0.3 is 0 Å². The molecule has 2 fully saturated rings. The lowest BCUT2D eigenvalue weighted by Gasteiger charge is -2.45. The van der Waals surface area contributed by atoms with E-state index in [4.69, 9.17) is 5.73 Å². The molecule has 0 aromatic heterocycles. The van der Waals surface area contributed by atoms with Crippen molar-refractivity contribution in [3.05, 3.63) is 35.4 Å². The normalized spacial score (nSPS) is 28.6. The number of hydrogen-bond acceptors (Lipinski definition) is 3. The van der Waals surface area contributed by atoms with Crippen LogP contribution in [0.4, 0.5) is 0 Å². The zero-order valence-corrected chi connectivity index (χ0v) is 15.0. The summed E-state index contributed by atoms with van der Waals surface area (Å²) in [6.45, 7) is 1.84. The highest BCUT2D eigenvalue weighted by atomic mass is 35.5. The molecule has 24 heavy (non-hydrogen) atoms. The number of nitrogens with one attached hydrogen (secondary N) is 1. The van der Waals surface area contributed by atoms with E-state index in [2.05, 4.69) is 5.32 Å². The van der Waals surface area contributed by atoms with Crippen LogP contribution in [-0.2, 0) is 0 Å². The molecule has 132 valence electrons. The second-order valence-corrected chi connectivity index (χ2v) is 7.04. The Kier molecular flexibility index (Phi) is 6.41. The van der Waals surface area contributed by atoms with Gasteiger partial charge in [0, 0.05) is 29.6 Å². The number of ketones is 1. The molecule has 5 heteroatoms. The average Bonchev–Trinajstić information content (AvgIpc) is 2.55. The lowest BCUT2D eigenvalue weighted by Crippen LogP contribution is -2.53. The Bertz CT molecular complexity index is 574. The fraction of sp³-hybridized carbons (Fsp3) is 0.579. The first-order valence-corrected chi connectivity index (χ1v) is 8.78. The molecule has 2 aliphatic carbocycles. The van der Waals surface area contributed by atoms with Crippen molar-refractivity contribution in [3.8, 4) is 0 Å². The molecule has 0 aliphatic heterocycles. The van der Waals surface area contributed by atoms with Crippen LogP contribution < -0.4 is 11.1 Å². The Morgan fingerprint density at radius 1 is 1.08 bits per heavy atom. The third kappa shape index (κ3) is 3.98. The van der Waals surface area contributed by atoms with Crippen LogP contribution in [0.2, 0.25) is 0 Å². The van der Waals surface area contributed by atoms with Crippen LogP contribution in [0.1, 0.15) is 66.2 Å². The molecule has 2 unspecified atom stereocenters. The van der Waals surface area contributed by atoms with Crippen molar-refractivity contribution >= 4 is 24.1 Å². The molecule has 0 heterocycles. The van der Waals surface area contributed by atoms with Crippen LogP contribution in [0.3, 0.4) is 0 Å². The molecule has 1 amide bonds. The summed E-state index contributed by atoms with van der Waals surface area (Å²) in [5, 5.41) is 3.24. The van der Waals surface area contributed by atoms with Crippen LogP contribution in [0, 0.1) is 11.8 Å². The van der Waals surface area contributed by atoms with Crippen molar-refractivity contribution in [3.63, 3.8) is 0 Å². The predicted octanol–water partition coefficient (Wildman–Crippen LogP) is 3.34. The lowest BCUT2D eigenvalue weighted by atomic mass is 9.67. The number of benzene rings is 1. The molecule has 2 aliphatic rings. The van der Waals surface area contributed by atoms with Crippen molar-refractivity contribution in [1.29, 1.82) is 0 Å². The number of carbonyl (C=O) groups is 2. The molecule has 0 saturated heterocycles. The van der Waals surface area contributed by atoms with E-state index in [0.717, 1.165) is 12.8 Å². The summed E-state index contributed by atoms with van der Waals surface area (Å²) in [5.74, 6) is 1.11.